The molecular formula is C10H11F3N2O4. The lowest BCUT2D eigenvalue weighted by Crippen LogP contribution is -2.46. The molecule has 1 atom stereocenters. The summed E-state index contributed by atoms with van der Waals surface area (Å²) in [7, 11) is 0.976. The minimum atomic E-state index is -4.73. The van der Waals surface area contributed by atoms with E-state index in [2.05, 4.69) is 9.73 Å². The van der Waals surface area contributed by atoms with Gasteiger partial charge >= 0.3 is 18.1 Å². The van der Waals surface area contributed by atoms with E-state index in [0.29, 0.717) is 4.90 Å². The third kappa shape index (κ3) is 3.70. The van der Waals surface area contributed by atoms with Crippen LogP contribution in [0.1, 0.15) is 6.92 Å². The fraction of sp³-hybridized carbons (Fsp3) is 0.500. The van der Waals surface area contributed by atoms with Gasteiger partial charge in [-0.05, 0) is 6.08 Å². The van der Waals surface area contributed by atoms with Crippen molar-refractivity contribution < 1.29 is 32.6 Å². The lowest BCUT2D eigenvalue weighted by Gasteiger charge is -2.32. The van der Waals surface area contributed by atoms with E-state index in [4.69, 9.17) is 5.11 Å². The third-order valence-corrected chi connectivity index (χ3v) is 2.27. The van der Waals surface area contributed by atoms with Gasteiger partial charge in [0.15, 0.2) is 0 Å². The van der Waals surface area contributed by atoms with E-state index in [0.717, 1.165) is 20.0 Å². The van der Waals surface area contributed by atoms with Crippen molar-refractivity contribution in [3.63, 3.8) is 0 Å². The minimum Gasteiger partial charge on any atom is -0.477 e. The Balaban J connectivity index is 3.06. The van der Waals surface area contributed by atoms with Gasteiger partial charge < -0.3 is 14.7 Å². The molecule has 0 aromatic rings. The number of esters is 1. The molecule has 0 saturated heterocycles. The second-order valence-corrected chi connectivity index (χ2v) is 3.76. The van der Waals surface area contributed by atoms with Gasteiger partial charge in [0.2, 0.25) is 6.17 Å². The average Bonchev–Trinajstić information content (AvgIpc) is 2.25. The number of halogens is 3. The zero-order chi connectivity index (χ0) is 14.8. The second-order valence-electron chi connectivity index (χ2n) is 3.76. The van der Waals surface area contributed by atoms with Crippen LogP contribution in [0.3, 0.4) is 0 Å². The molecule has 0 radical (unpaired) electrons. The first kappa shape index (κ1) is 15.0. The maximum Gasteiger partial charge on any atom is 0.429 e. The normalized spacial score (nSPS) is 19.6. The fourth-order valence-corrected chi connectivity index (χ4v) is 1.43. The van der Waals surface area contributed by atoms with Gasteiger partial charge in [0.05, 0.1) is 5.71 Å². The predicted molar refractivity (Wildman–Crippen MR) is 57.4 cm³/mol. The molecule has 1 unspecified atom stereocenters. The van der Waals surface area contributed by atoms with Crippen LogP contribution in [0.15, 0.2) is 16.8 Å². The van der Waals surface area contributed by atoms with Gasteiger partial charge in [-0.3, -0.25) is 9.79 Å². The van der Waals surface area contributed by atoms with Crippen LogP contribution in [0.25, 0.3) is 0 Å². The number of carboxylic acids is 1. The van der Waals surface area contributed by atoms with Crippen LogP contribution >= 0.6 is 0 Å². The number of rotatable bonds is 3. The number of carbonyl (C=O) groups is 2. The molecule has 0 aromatic carbocycles. The lowest BCUT2D eigenvalue weighted by atomic mass is 10.2. The Labute approximate surface area is 106 Å². The number of carbonyl (C=O) groups excluding carboxylic acids is 1. The van der Waals surface area contributed by atoms with Crippen LogP contribution in [0, 0.1) is 0 Å². The van der Waals surface area contributed by atoms with E-state index in [-0.39, 0.29) is 5.71 Å². The number of ether oxygens (including phenoxy) is 1. The average molecular weight is 280 g/mol. The number of nitrogens with zero attached hydrogens (tertiary/aromatic N) is 2. The topological polar surface area (TPSA) is 79.2 Å². The number of hydrogen-bond donors (Lipinski definition) is 1. The molecule has 6 nitrogen and oxygen atoms in total. The molecule has 1 N–H and O–H groups in total. The number of aliphatic imine (C=N–C) groups is 1. The molecule has 0 spiro atoms. The maximum atomic E-state index is 12.7. The molecule has 1 aliphatic rings. The van der Waals surface area contributed by atoms with Crippen LogP contribution < -0.4 is 0 Å². The van der Waals surface area contributed by atoms with E-state index >= 15 is 0 Å². The predicted octanol–water partition coefficient (Wildman–Crippen LogP) is 0.793. The Morgan fingerprint density at radius 2 is 2.11 bits per heavy atom. The summed E-state index contributed by atoms with van der Waals surface area (Å²) in [5.41, 5.74) is -0.826. The van der Waals surface area contributed by atoms with Gasteiger partial charge in [0, 0.05) is 14.0 Å². The zero-order valence-electron chi connectivity index (χ0n) is 10.1. The standard InChI is InChI=1S/C10H11F3N2O4/c1-5(16)19-4-6-3-7(8(17)18)15(2)9(14-6)10(11,12)13/h3,9H,4H2,1-2H3,(H,17,18). The summed E-state index contributed by atoms with van der Waals surface area (Å²) >= 11 is 0. The highest BCUT2D eigenvalue weighted by Gasteiger charge is 2.45. The molecule has 0 aliphatic carbocycles. The van der Waals surface area contributed by atoms with Crippen molar-refractivity contribution in [1.82, 2.24) is 4.90 Å². The highest BCUT2D eigenvalue weighted by atomic mass is 19.4. The van der Waals surface area contributed by atoms with Gasteiger partial charge in [-0.15, -0.1) is 0 Å². The van der Waals surface area contributed by atoms with Crippen molar-refractivity contribution in [2.24, 2.45) is 4.99 Å². The summed E-state index contributed by atoms with van der Waals surface area (Å²) in [4.78, 5) is 25.3. The third-order valence-electron chi connectivity index (χ3n) is 2.27. The van der Waals surface area contributed by atoms with E-state index in [1.807, 2.05) is 0 Å². The second kappa shape index (κ2) is 5.29. The van der Waals surface area contributed by atoms with Gasteiger partial charge in [-0.1, -0.05) is 0 Å². The molecular weight excluding hydrogens is 269 g/mol. The minimum absolute atomic E-state index is 0.256. The molecule has 1 rings (SSSR count). The Morgan fingerprint density at radius 3 is 2.53 bits per heavy atom. The number of likely N-dealkylation sites (N-methyl/N-ethyl adjacent to an activating group) is 1. The quantitative estimate of drug-likeness (QED) is 0.773. The van der Waals surface area contributed by atoms with E-state index < -0.39 is 36.6 Å². The van der Waals surface area contributed by atoms with Crippen LogP contribution in [0.2, 0.25) is 0 Å². The first-order chi connectivity index (χ1) is 8.62. The SMILES string of the molecule is CC(=O)OCC1=NC(C(F)(F)F)N(C)C(C(=O)O)=C1. The number of alkyl halides is 3. The molecule has 0 aromatic heterocycles. The Kier molecular flexibility index (Phi) is 4.17. The molecule has 0 fully saturated rings. The van der Waals surface area contributed by atoms with Crippen molar-refractivity contribution >= 4 is 17.7 Å². The molecule has 0 amide bonds. The molecule has 0 bridgehead atoms. The summed E-state index contributed by atoms with van der Waals surface area (Å²) in [6.07, 6.45) is -6.10. The van der Waals surface area contributed by atoms with Crippen LogP contribution in [0.4, 0.5) is 13.2 Å². The summed E-state index contributed by atoms with van der Waals surface area (Å²) in [5.74, 6) is -2.22. The van der Waals surface area contributed by atoms with E-state index in [1.165, 1.54) is 0 Å². The van der Waals surface area contributed by atoms with Gasteiger partial charge in [0.25, 0.3) is 0 Å². The highest BCUT2D eigenvalue weighted by Crippen LogP contribution is 2.29. The molecule has 1 aliphatic heterocycles. The van der Waals surface area contributed by atoms with Gasteiger partial charge in [-0.2, -0.15) is 13.2 Å². The largest absolute Gasteiger partial charge is 0.477 e. The molecule has 106 valence electrons. The van der Waals surface area contributed by atoms with Gasteiger partial charge in [0.1, 0.15) is 12.3 Å². The maximum absolute atomic E-state index is 12.7. The van der Waals surface area contributed by atoms with Crippen molar-refractivity contribution in [2.45, 2.75) is 19.3 Å². The lowest BCUT2D eigenvalue weighted by molar-refractivity contribution is -0.175. The first-order valence-corrected chi connectivity index (χ1v) is 5.07. The Bertz CT molecular complexity index is 456. The monoisotopic (exact) mass is 280 g/mol. The number of carboxylic acid groups (broad SMARTS) is 1. The van der Waals surface area contributed by atoms with E-state index in [1.54, 1.807) is 0 Å². The Hall–Kier alpha value is -2.06. The Morgan fingerprint density at radius 1 is 1.53 bits per heavy atom. The van der Waals surface area contributed by atoms with Crippen molar-refractivity contribution in [1.29, 1.82) is 0 Å². The number of aliphatic carboxylic acids is 1. The van der Waals surface area contributed by atoms with Gasteiger partial charge in [-0.25, -0.2) is 4.79 Å². The summed E-state index contributed by atoms with van der Waals surface area (Å²) in [6, 6.07) is 0. The summed E-state index contributed by atoms with van der Waals surface area (Å²) < 4.78 is 42.7. The van der Waals surface area contributed by atoms with Crippen LogP contribution in [0.5, 0.6) is 0 Å². The van der Waals surface area contributed by atoms with Crippen molar-refractivity contribution in [2.75, 3.05) is 13.7 Å². The molecule has 1 heterocycles. The first-order valence-electron chi connectivity index (χ1n) is 5.07. The van der Waals surface area contributed by atoms with E-state index in [9.17, 15) is 22.8 Å². The van der Waals surface area contributed by atoms with Crippen LogP contribution in [-0.4, -0.2) is 53.7 Å². The molecule has 0 saturated carbocycles. The number of hydrogen-bond acceptors (Lipinski definition) is 5. The zero-order valence-corrected chi connectivity index (χ0v) is 10.1. The molecule has 9 heteroatoms. The summed E-state index contributed by atoms with van der Waals surface area (Å²) in [5, 5.41) is 8.85. The highest BCUT2D eigenvalue weighted by molar-refractivity contribution is 6.03. The van der Waals surface area contributed by atoms with Crippen molar-refractivity contribution in [3.8, 4) is 0 Å². The van der Waals surface area contributed by atoms with Crippen LogP contribution in [-0.2, 0) is 14.3 Å². The summed E-state index contributed by atoms with van der Waals surface area (Å²) in [6.45, 7) is 0.575. The van der Waals surface area contributed by atoms with Crippen molar-refractivity contribution in [3.05, 3.63) is 11.8 Å². The molecule has 19 heavy (non-hydrogen) atoms. The fourth-order valence-electron chi connectivity index (χ4n) is 1.43. The smallest absolute Gasteiger partial charge is 0.429 e.